The van der Waals surface area contributed by atoms with Crippen LogP contribution in [-0.4, -0.2) is 47.4 Å². The van der Waals surface area contributed by atoms with Crippen molar-refractivity contribution >= 4 is 11.9 Å². The van der Waals surface area contributed by atoms with Gasteiger partial charge in [-0.05, 0) is 57.8 Å². The molecule has 0 aromatic rings. The summed E-state index contributed by atoms with van der Waals surface area (Å²) in [5.41, 5.74) is 0. The van der Waals surface area contributed by atoms with Gasteiger partial charge in [0.1, 0.15) is 0 Å². The molecule has 0 aliphatic carbocycles. The van der Waals surface area contributed by atoms with Crippen molar-refractivity contribution in [2.24, 2.45) is 0 Å². The van der Waals surface area contributed by atoms with Gasteiger partial charge in [0.15, 0.2) is 0 Å². The molecule has 0 saturated carbocycles. The van der Waals surface area contributed by atoms with E-state index in [0.717, 1.165) is 77.0 Å². The van der Waals surface area contributed by atoms with Crippen molar-refractivity contribution in [1.29, 1.82) is 0 Å². The topological polar surface area (TPSA) is 95.9 Å². The number of unbranched alkanes of at least 4 members (excludes halogenated alkanes) is 43. The third kappa shape index (κ3) is 53.7. The largest absolute Gasteiger partial charge is 0.466 e. The maximum Gasteiger partial charge on any atom is 0.305 e. The van der Waals surface area contributed by atoms with Crippen LogP contribution in [0.25, 0.3) is 0 Å². The summed E-state index contributed by atoms with van der Waals surface area (Å²) in [7, 11) is 0. The van der Waals surface area contributed by atoms with Crippen molar-refractivity contribution in [1.82, 2.24) is 5.32 Å². The van der Waals surface area contributed by atoms with Gasteiger partial charge in [-0.15, -0.1) is 0 Å². The van der Waals surface area contributed by atoms with E-state index in [0.29, 0.717) is 25.9 Å². The van der Waals surface area contributed by atoms with E-state index >= 15 is 0 Å². The molecule has 0 aliphatic rings. The molecule has 6 nitrogen and oxygen atoms in total. The molecule has 0 aromatic carbocycles. The molecule has 0 bridgehead atoms. The second-order valence-corrected chi connectivity index (χ2v) is 21.1. The zero-order valence-corrected chi connectivity index (χ0v) is 45.9. The van der Waals surface area contributed by atoms with Crippen LogP contribution in [0.3, 0.4) is 0 Å². The summed E-state index contributed by atoms with van der Waals surface area (Å²) >= 11 is 0. The van der Waals surface area contributed by atoms with Gasteiger partial charge in [-0.3, -0.25) is 9.59 Å². The zero-order valence-electron chi connectivity index (χ0n) is 45.9. The molecule has 3 N–H and O–H groups in total. The summed E-state index contributed by atoms with van der Waals surface area (Å²) in [6, 6.07) is -0.558. The van der Waals surface area contributed by atoms with E-state index in [1.54, 1.807) is 0 Å². The summed E-state index contributed by atoms with van der Waals surface area (Å²) in [5, 5.41) is 23.3. The molecule has 0 heterocycles. The smallest absolute Gasteiger partial charge is 0.305 e. The van der Waals surface area contributed by atoms with Crippen molar-refractivity contribution in [3.63, 3.8) is 0 Å². The standard InChI is InChI=1S/C62H119NO5/c1-3-5-7-9-11-13-15-17-19-21-22-23-24-26-30-34-38-42-46-50-54-60(65)59(58-64)63-61(66)55-51-47-43-39-35-31-27-25-29-33-37-41-45-49-53-57-68-62(67)56-52-48-44-40-36-32-28-20-18-16-14-12-10-8-6-4-2/h25,29,33,37,59-60,64-65H,3-24,26-28,30-32,34-36,38-58H2,1-2H3,(H,63,66)/b29-25-,37-33-. The number of esters is 1. The van der Waals surface area contributed by atoms with Crippen molar-refractivity contribution in [2.45, 2.75) is 347 Å². The number of aliphatic hydroxyl groups is 2. The van der Waals surface area contributed by atoms with Gasteiger partial charge < -0.3 is 20.3 Å². The lowest BCUT2D eigenvalue weighted by Gasteiger charge is -2.22. The second kappa shape index (κ2) is 57.9. The second-order valence-electron chi connectivity index (χ2n) is 21.1. The number of hydrogen-bond donors (Lipinski definition) is 3. The fourth-order valence-corrected chi connectivity index (χ4v) is 9.57. The first-order valence-corrected chi connectivity index (χ1v) is 30.6. The predicted octanol–water partition coefficient (Wildman–Crippen LogP) is 19.0. The SMILES string of the molecule is CCCCCCCCCCCCCCCCCCCCCCC(O)C(CO)NC(=O)CCCCCCCC/C=C\C=C/CCCCCOC(=O)CCCCCCCCCCCCCCCCCC. The predicted molar refractivity (Wildman–Crippen MR) is 296 cm³/mol. The summed E-state index contributed by atoms with van der Waals surface area (Å²) in [6.07, 6.45) is 70.4. The van der Waals surface area contributed by atoms with Crippen LogP contribution in [0.15, 0.2) is 24.3 Å². The van der Waals surface area contributed by atoms with E-state index in [2.05, 4.69) is 43.5 Å². The molecule has 0 aromatic heterocycles. The highest BCUT2D eigenvalue weighted by Gasteiger charge is 2.20. The molecule has 0 spiro atoms. The van der Waals surface area contributed by atoms with Gasteiger partial charge in [-0.2, -0.15) is 0 Å². The lowest BCUT2D eigenvalue weighted by Crippen LogP contribution is -2.45. The lowest BCUT2D eigenvalue weighted by molar-refractivity contribution is -0.143. The third-order valence-corrected chi connectivity index (χ3v) is 14.3. The molecule has 68 heavy (non-hydrogen) atoms. The van der Waals surface area contributed by atoms with Crippen LogP contribution in [-0.2, 0) is 14.3 Å². The number of nitrogens with one attached hydrogen (secondary N) is 1. The molecule has 402 valence electrons. The molecule has 0 radical (unpaired) electrons. The Morgan fingerprint density at radius 3 is 1.09 bits per heavy atom. The van der Waals surface area contributed by atoms with E-state index in [9.17, 15) is 19.8 Å². The van der Waals surface area contributed by atoms with Gasteiger partial charge in [0.25, 0.3) is 0 Å². The number of aliphatic hydroxyl groups excluding tert-OH is 2. The Bertz CT molecular complexity index is 1060. The van der Waals surface area contributed by atoms with Crippen LogP contribution in [0.1, 0.15) is 335 Å². The first kappa shape index (κ1) is 66.3. The fraction of sp³-hybridized carbons (Fsp3) is 0.903. The highest BCUT2D eigenvalue weighted by Crippen LogP contribution is 2.18. The Morgan fingerprint density at radius 2 is 0.721 bits per heavy atom. The first-order chi connectivity index (χ1) is 33.5. The molecule has 0 rings (SSSR count). The number of ether oxygens (including phenoxy) is 1. The molecule has 1 amide bonds. The Labute approximate surface area is 424 Å². The molecule has 0 saturated heterocycles. The number of hydrogen-bond acceptors (Lipinski definition) is 5. The van der Waals surface area contributed by atoms with Gasteiger partial charge in [0, 0.05) is 12.8 Å². The van der Waals surface area contributed by atoms with E-state index in [1.165, 1.54) is 225 Å². The Balaban J connectivity index is 3.49. The average molecular weight is 959 g/mol. The van der Waals surface area contributed by atoms with Crippen LogP contribution in [0.5, 0.6) is 0 Å². The molecule has 2 atom stereocenters. The van der Waals surface area contributed by atoms with Crippen LogP contribution in [0.4, 0.5) is 0 Å². The van der Waals surface area contributed by atoms with Gasteiger partial charge >= 0.3 is 5.97 Å². The summed E-state index contributed by atoms with van der Waals surface area (Å²) in [4.78, 5) is 24.6. The minimum Gasteiger partial charge on any atom is -0.466 e. The summed E-state index contributed by atoms with van der Waals surface area (Å²) < 4.78 is 5.46. The van der Waals surface area contributed by atoms with E-state index in [-0.39, 0.29) is 18.5 Å². The maximum atomic E-state index is 12.5. The van der Waals surface area contributed by atoms with Crippen molar-refractivity contribution < 1.29 is 24.5 Å². The van der Waals surface area contributed by atoms with E-state index in [1.807, 2.05) is 0 Å². The number of rotatable bonds is 57. The zero-order chi connectivity index (χ0) is 49.3. The normalized spacial score (nSPS) is 12.7. The highest BCUT2D eigenvalue weighted by molar-refractivity contribution is 5.76. The first-order valence-electron chi connectivity index (χ1n) is 30.6. The van der Waals surface area contributed by atoms with E-state index < -0.39 is 12.1 Å². The van der Waals surface area contributed by atoms with Gasteiger partial charge in [0.05, 0.1) is 25.4 Å². The molecule has 2 unspecified atom stereocenters. The average Bonchev–Trinajstić information content (AvgIpc) is 3.34. The van der Waals surface area contributed by atoms with Gasteiger partial charge in [-0.25, -0.2) is 0 Å². The minimum atomic E-state index is -0.679. The Kier molecular flexibility index (Phi) is 56.5. The van der Waals surface area contributed by atoms with Crippen LogP contribution >= 0.6 is 0 Å². The quantitative estimate of drug-likeness (QED) is 0.0321. The van der Waals surface area contributed by atoms with Crippen LogP contribution in [0, 0.1) is 0 Å². The van der Waals surface area contributed by atoms with Crippen LogP contribution < -0.4 is 5.32 Å². The molecule has 0 fully saturated rings. The van der Waals surface area contributed by atoms with Gasteiger partial charge in [-0.1, -0.05) is 289 Å². The highest BCUT2D eigenvalue weighted by atomic mass is 16.5. The van der Waals surface area contributed by atoms with Crippen molar-refractivity contribution in [3.8, 4) is 0 Å². The minimum absolute atomic E-state index is 0.0175. The summed E-state index contributed by atoms with van der Waals surface area (Å²) in [5.74, 6) is -0.0718. The Hall–Kier alpha value is -1.66. The maximum absolute atomic E-state index is 12.5. The van der Waals surface area contributed by atoms with Gasteiger partial charge in [0.2, 0.25) is 5.91 Å². The molecular formula is C62H119NO5. The molecule has 6 heteroatoms. The van der Waals surface area contributed by atoms with Crippen LogP contribution in [0.2, 0.25) is 0 Å². The third-order valence-electron chi connectivity index (χ3n) is 14.3. The monoisotopic (exact) mass is 958 g/mol. The van der Waals surface area contributed by atoms with E-state index in [4.69, 9.17) is 4.74 Å². The number of allylic oxidation sites excluding steroid dienone is 4. The lowest BCUT2D eigenvalue weighted by atomic mass is 10.0. The number of carbonyl (C=O) groups is 2. The molecular weight excluding hydrogens is 839 g/mol. The van der Waals surface area contributed by atoms with Crippen molar-refractivity contribution in [2.75, 3.05) is 13.2 Å². The number of amides is 1. The number of carbonyl (C=O) groups excluding carboxylic acids is 2. The summed E-state index contributed by atoms with van der Waals surface area (Å²) in [6.45, 7) is 4.92. The van der Waals surface area contributed by atoms with Crippen molar-refractivity contribution in [3.05, 3.63) is 24.3 Å². The fourth-order valence-electron chi connectivity index (χ4n) is 9.57. The molecule has 0 aliphatic heterocycles. The Morgan fingerprint density at radius 1 is 0.412 bits per heavy atom.